The zero-order valence-electron chi connectivity index (χ0n) is 5.41. The fourth-order valence-electron chi connectivity index (χ4n) is 0.428. The molecule has 0 aliphatic carbocycles. The van der Waals surface area contributed by atoms with Crippen molar-refractivity contribution >= 4 is 0 Å². The SMILES string of the molecule is CN.Oc1ccccc1. The Balaban J connectivity index is 0.000000291. The lowest BCUT2D eigenvalue weighted by atomic mass is 10.3. The Kier molecular flexibility index (Phi) is 4.54. The molecule has 0 saturated carbocycles. The highest BCUT2D eigenvalue weighted by atomic mass is 16.3. The first-order chi connectivity index (χ1) is 4.39. The van der Waals surface area contributed by atoms with Gasteiger partial charge in [0.15, 0.2) is 0 Å². The third-order valence-electron chi connectivity index (χ3n) is 0.756. The molecule has 0 aliphatic heterocycles. The summed E-state index contributed by atoms with van der Waals surface area (Å²) in [6, 6.07) is 8.71. The van der Waals surface area contributed by atoms with Crippen LogP contribution in [0.3, 0.4) is 0 Å². The summed E-state index contributed by atoms with van der Waals surface area (Å²) < 4.78 is 0. The molecule has 2 heteroatoms. The van der Waals surface area contributed by atoms with Gasteiger partial charge in [-0.25, -0.2) is 0 Å². The Labute approximate surface area is 54.9 Å². The van der Waals surface area contributed by atoms with Crippen LogP contribution in [-0.4, -0.2) is 12.2 Å². The smallest absolute Gasteiger partial charge is 0.115 e. The molecule has 2 nitrogen and oxygen atoms in total. The van der Waals surface area contributed by atoms with Crippen LogP contribution >= 0.6 is 0 Å². The predicted octanol–water partition coefficient (Wildman–Crippen LogP) is 0.967. The molecule has 3 N–H and O–H groups in total. The number of hydrogen-bond acceptors (Lipinski definition) is 2. The Morgan fingerprint density at radius 2 is 1.56 bits per heavy atom. The number of nitrogens with two attached hydrogens (primary N) is 1. The molecule has 0 bridgehead atoms. The van der Waals surface area contributed by atoms with Crippen molar-refractivity contribution in [1.29, 1.82) is 0 Å². The maximum atomic E-state index is 8.63. The van der Waals surface area contributed by atoms with Crippen molar-refractivity contribution in [2.24, 2.45) is 5.73 Å². The second kappa shape index (κ2) is 5.12. The molecule has 0 radical (unpaired) electrons. The number of phenolic OH excluding ortho intramolecular Hbond substituents is 1. The van der Waals surface area contributed by atoms with Crippen LogP contribution in [0, 0.1) is 0 Å². The van der Waals surface area contributed by atoms with Gasteiger partial charge < -0.3 is 10.8 Å². The summed E-state index contributed by atoms with van der Waals surface area (Å²) in [7, 11) is 1.50. The predicted molar refractivity (Wildman–Crippen MR) is 38.2 cm³/mol. The van der Waals surface area contributed by atoms with Crippen LogP contribution in [0.1, 0.15) is 0 Å². The van der Waals surface area contributed by atoms with Crippen LogP contribution in [0.15, 0.2) is 30.3 Å². The van der Waals surface area contributed by atoms with Gasteiger partial charge in [0.25, 0.3) is 0 Å². The summed E-state index contributed by atoms with van der Waals surface area (Å²) in [5.41, 5.74) is 4.50. The quantitative estimate of drug-likeness (QED) is 0.542. The maximum absolute atomic E-state index is 8.63. The molecule has 0 heterocycles. The summed E-state index contributed by atoms with van der Waals surface area (Å²) in [5, 5.41) is 8.63. The molecule has 1 rings (SSSR count). The highest BCUT2D eigenvalue weighted by molar-refractivity contribution is 5.18. The third-order valence-corrected chi connectivity index (χ3v) is 0.756. The molecule has 1 aromatic carbocycles. The first-order valence-electron chi connectivity index (χ1n) is 2.71. The lowest BCUT2D eigenvalue weighted by Gasteiger charge is -1.82. The first-order valence-corrected chi connectivity index (χ1v) is 2.71. The fourth-order valence-corrected chi connectivity index (χ4v) is 0.428. The van der Waals surface area contributed by atoms with Gasteiger partial charge in [0.2, 0.25) is 0 Å². The van der Waals surface area contributed by atoms with E-state index in [2.05, 4.69) is 5.73 Å². The molecule has 0 amide bonds. The molecule has 0 atom stereocenters. The standard InChI is InChI=1S/C6H6O.CH5N/c7-6-4-2-1-3-5-6;1-2/h1-5,7H;2H2,1H3. The molecule has 0 saturated heterocycles. The molecule has 1 aromatic rings. The Bertz CT molecular complexity index is 139. The van der Waals surface area contributed by atoms with Crippen LogP contribution in [0.5, 0.6) is 5.75 Å². The van der Waals surface area contributed by atoms with E-state index in [0.29, 0.717) is 5.75 Å². The molecule has 0 aromatic heterocycles. The zero-order valence-corrected chi connectivity index (χ0v) is 5.41. The van der Waals surface area contributed by atoms with Gasteiger partial charge in [0.1, 0.15) is 5.75 Å². The monoisotopic (exact) mass is 125 g/mol. The summed E-state index contributed by atoms with van der Waals surface area (Å²) in [6.45, 7) is 0. The van der Waals surface area contributed by atoms with Crippen molar-refractivity contribution in [3.8, 4) is 5.75 Å². The highest BCUT2D eigenvalue weighted by Crippen LogP contribution is 2.02. The van der Waals surface area contributed by atoms with Gasteiger partial charge in [0.05, 0.1) is 0 Å². The van der Waals surface area contributed by atoms with Crippen LogP contribution < -0.4 is 5.73 Å². The number of rotatable bonds is 0. The van der Waals surface area contributed by atoms with Crippen molar-refractivity contribution in [2.45, 2.75) is 0 Å². The molecule has 0 unspecified atom stereocenters. The topological polar surface area (TPSA) is 46.2 Å². The van der Waals surface area contributed by atoms with E-state index in [9.17, 15) is 0 Å². The Morgan fingerprint density at radius 1 is 1.11 bits per heavy atom. The minimum atomic E-state index is 0.322. The van der Waals surface area contributed by atoms with E-state index in [1.165, 1.54) is 7.05 Å². The van der Waals surface area contributed by atoms with Gasteiger partial charge in [-0.05, 0) is 19.2 Å². The molecule has 50 valence electrons. The van der Waals surface area contributed by atoms with Gasteiger partial charge in [-0.15, -0.1) is 0 Å². The van der Waals surface area contributed by atoms with Gasteiger partial charge in [0, 0.05) is 0 Å². The van der Waals surface area contributed by atoms with E-state index < -0.39 is 0 Å². The number of para-hydroxylation sites is 1. The zero-order chi connectivity index (χ0) is 7.11. The number of hydrogen-bond donors (Lipinski definition) is 2. The van der Waals surface area contributed by atoms with E-state index in [1.807, 2.05) is 6.07 Å². The van der Waals surface area contributed by atoms with E-state index >= 15 is 0 Å². The van der Waals surface area contributed by atoms with Crippen molar-refractivity contribution in [3.05, 3.63) is 30.3 Å². The van der Waals surface area contributed by atoms with E-state index in [1.54, 1.807) is 24.3 Å². The van der Waals surface area contributed by atoms with E-state index in [-0.39, 0.29) is 0 Å². The number of phenols is 1. The largest absolute Gasteiger partial charge is 0.508 e. The van der Waals surface area contributed by atoms with E-state index in [0.717, 1.165) is 0 Å². The Morgan fingerprint density at radius 3 is 1.78 bits per heavy atom. The Hall–Kier alpha value is -1.02. The van der Waals surface area contributed by atoms with Crippen LogP contribution in [0.25, 0.3) is 0 Å². The van der Waals surface area contributed by atoms with Gasteiger partial charge in [-0.1, -0.05) is 18.2 Å². The molecule has 9 heavy (non-hydrogen) atoms. The van der Waals surface area contributed by atoms with E-state index in [4.69, 9.17) is 5.11 Å². The second-order valence-electron chi connectivity index (χ2n) is 1.34. The van der Waals surface area contributed by atoms with Crippen LogP contribution in [-0.2, 0) is 0 Å². The minimum absolute atomic E-state index is 0.322. The summed E-state index contributed by atoms with van der Waals surface area (Å²) in [6.07, 6.45) is 0. The summed E-state index contributed by atoms with van der Waals surface area (Å²) in [4.78, 5) is 0. The second-order valence-corrected chi connectivity index (χ2v) is 1.34. The van der Waals surface area contributed by atoms with Gasteiger partial charge in [-0.3, -0.25) is 0 Å². The number of benzene rings is 1. The minimum Gasteiger partial charge on any atom is -0.508 e. The van der Waals surface area contributed by atoms with Crippen molar-refractivity contribution in [1.82, 2.24) is 0 Å². The van der Waals surface area contributed by atoms with Crippen molar-refractivity contribution in [3.63, 3.8) is 0 Å². The summed E-state index contributed by atoms with van der Waals surface area (Å²) >= 11 is 0. The molecule has 0 spiro atoms. The molecule has 0 aliphatic rings. The third kappa shape index (κ3) is 3.55. The average Bonchev–Trinajstić information content (AvgIpc) is 1.94. The lowest BCUT2D eigenvalue weighted by molar-refractivity contribution is 0.475. The fraction of sp³-hybridized carbons (Fsp3) is 0.143. The molecular weight excluding hydrogens is 114 g/mol. The maximum Gasteiger partial charge on any atom is 0.115 e. The van der Waals surface area contributed by atoms with Gasteiger partial charge in [-0.2, -0.15) is 0 Å². The summed E-state index contributed by atoms with van der Waals surface area (Å²) in [5.74, 6) is 0.322. The first kappa shape index (κ1) is 7.98. The van der Waals surface area contributed by atoms with Crippen LogP contribution in [0.2, 0.25) is 0 Å². The van der Waals surface area contributed by atoms with Gasteiger partial charge >= 0.3 is 0 Å². The average molecular weight is 125 g/mol. The van der Waals surface area contributed by atoms with Crippen molar-refractivity contribution in [2.75, 3.05) is 7.05 Å². The number of aromatic hydroxyl groups is 1. The molecular formula is C7H11NO. The highest BCUT2D eigenvalue weighted by Gasteiger charge is 1.74. The lowest BCUT2D eigenvalue weighted by Crippen LogP contribution is -1.69. The van der Waals surface area contributed by atoms with Crippen molar-refractivity contribution < 1.29 is 5.11 Å². The van der Waals surface area contributed by atoms with Crippen LogP contribution in [0.4, 0.5) is 0 Å². The molecule has 0 fully saturated rings. The normalized spacial score (nSPS) is 7.33.